The fourth-order valence-electron chi connectivity index (χ4n) is 1.38. The molecule has 0 aromatic carbocycles. The summed E-state index contributed by atoms with van der Waals surface area (Å²) in [5.41, 5.74) is 1.03. The summed E-state index contributed by atoms with van der Waals surface area (Å²) in [6, 6.07) is 4.90. The number of anilines is 1. The summed E-state index contributed by atoms with van der Waals surface area (Å²) >= 11 is 15.0. The lowest BCUT2D eigenvalue weighted by atomic mass is 10.2. The van der Waals surface area contributed by atoms with E-state index in [1.165, 1.54) is 12.3 Å². The third kappa shape index (κ3) is 3.43. The van der Waals surface area contributed by atoms with Crippen molar-refractivity contribution in [2.24, 2.45) is 0 Å². The van der Waals surface area contributed by atoms with E-state index in [1.54, 1.807) is 12.1 Å². The first-order chi connectivity index (χ1) is 8.97. The van der Waals surface area contributed by atoms with Crippen LogP contribution in [-0.2, 0) is 0 Å². The summed E-state index contributed by atoms with van der Waals surface area (Å²) in [5.74, 6) is 0.0539. The van der Waals surface area contributed by atoms with Crippen molar-refractivity contribution in [3.8, 4) is 0 Å². The molecule has 0 unspecified atom stereocenters. The number of carbonyl (C=O) groups excluding carboxylic acids is 1. The number of hydrogen-bond acceptors (Lipinski definition) is 3. The topological polar surface area (TPSA) is 54.9 Å². The van der Waals surface area contributed by atoms with Gasteiger partial charge in [0.05, 0.1) is 16.3 Å². The van der Waals surface area contributed by atoms with Crippen LogP contribution in [0.5, 0.6) is 0 Å². The van der Waals surface area contributed by atoms with Gasteiger partial charge in [-0.1, -0.05) is 23.2 Å². The zero-order chi connectivity index (χ0) is 14.0. The smallest absolute Gasteiger partial charge is 0.258 e. The van der Waals surface area contributed by atoms with Gasteiger partial charge in [-0.2, -0.15) is 0 Å². The Hall–Kier alpha value is -1.17. The summed E-state index contributed by atoms with van der Waals surface area (Å²) in [7, 11) is 0. The fourth-order valence-corrected chi connectivity index (χ4v) is 1.95. The molecule has 2 rings (SSSR count). The average molecular weight is 361 g/mol. The third-order valence-corrected chi connectivity index (χ3v) is 3.68. The van der Waals surface area contributed by atoms with Crippen LogP contribution in [0.4, 0.5) is 5.82 Å². The molecule has 98 valence electrons. The lowest BCUT2D eigenvalue weighted by Gasteiger charge is -2.07. The van der Waals surface area contributed by atoms with Crippen LogP contribution in [0.3, 0.4) is 0 Å². The van der Waals surface area contributed by atoms with Gasteiger partial charge in [0.2, 0.25) is 0 Å². The standard InChI is InChI=1S/C12H8BrCl2N3O/c1-6-8(13)2-3-11(17-6)18-12(19)7-4-10(15)16-5-9(7)14/h2-5H,1H3,(H,17,18,19). The van der Waals surface area contributed by atoms with Crippen molar-refractivity contribution in [2.75, 3.05) is 5.32 Å². The van der Waals surface area contributed by atoms with Crippen LogP contribution < -0.4 is 5.32 Å². The highest BCUT2D eigenvalue weighted by molar-refractivity contribution is 9.10. The Bertz CT molecular complexity index is 649. The number of carbonyl (C=O) groups is 1. The van der Waals surface area contributed by atoms with Crippen molar-refractivity contribution in [2.45, 2.75) is 6.92 Å². The number of pyridine rings is 2. The first kappa shape index (κ1) is 14.2. The Morgan fingerprint density at radius 1 is 1.37 bits per heavy atom. The van der Waals surface area contributed by atoms with Gasteiger partial charge in [0, 0.05) is 10.7 Å². The molecule has 2 aromatic heterocycles. The number of nitrogens with one attached hydrogen (secondary N) is 1. The molecule has 7 heteroatoms. The molecule has 0 atom stereocenters. The van der Waals surface area contributed by atoms with Gasteiger partial charge < -0.3 is 5.32 Å². The molecule has 19 heavy (non-hydrogen) atoms. The lowest BCUT2D eigenvalue weighted by molar-refractivity contribution is 0.102. The molecule has 0 spiro atoms. The molecule has 2 aromatic rings. The van der Waals surface area contributed by atoms with E-state index in [4.69, 9.17) is 23.2 Å². The van der Waals surface area contributed by atoms with Crippen molar-refractivity contribution in [3.63, 3.8) is 0 Å². The Morgan fingerprint density at radius 3 is 2.79 bits per heavy atom. The first-order valence-corrected chi connectivity index (χ1v) is 6.78. The number of aromatic nitrogens is 2. The van der Waals surface area contributed by atoms with Crippen LogP contribution in [0.25, 0.3) is 0 Å². The second-order valence-corrected chi connectivity index (χ2v) is 5.35. The summed E-state index contributed by atoms with van der Waals surface area (Å²) in [6.45, 7) is 1.83. The predicted molar refractivity (Wildman–Crippen MR) is 78.9 cm³/mol. The molecule has 0 saturated heterocycles. The molecule has 0 fully saturated rings. The summed E-state index contributed by atoms with van der Waals surface area (Å²) in [5, 5.41) is 3.09. The van der Waals surface area contributed by atoms with E-state index >= 15 is 0 Å². The van der Waals surface area contributed by atoms with Crippen molar-refractivity contribution in [3.05, 3.63) is 50.3 Å². The van der Waals surface area contributed by atoms with Crippen LogP contribution in [0.2, 0.25) is 10.2 Å². The maximum atomic E-state index is 12.0. The first-order valence-electron chi connectivity index (χ1n) is 5.23. The molecule has 2 heterocycles. The highest BCUT2D eigenvalue weighted by atomic mass is 79.9. The normalized spacial score (nSPS) is 10.3. The molecular formula is C12H8BrCl2N3O. The second-order valence-electron chi connectivity index (χ2n) is 3.70. The summed E-state index contributed by atoms with van der Waals surface area (Å²) < 4.78 is 0.871. The van der Waals surface area contributed by atoms with Gasteiger partial charge in [0.15, 0.2) is 0 Å². The summed E-state index contributed by atoms with van der Waals surface area (Å²) in [6.07, 6.45) is 1.33. The Morgan fingerprint density at radius 2 is 2.11 bits per heavy atom. The predicted octanol–water partition coefficient (Wildman–Crippen LogP) is 4.11. The highest BCUT2D eigenvalue weighted by Crippen LogP contribution is 2.20. The van der Waals surface area contributed by atoms with E-state index in [-0.39, 0.29) is 21.6 Å². The van der Waals surface area contributed by atoms with Crippen LogP contribution in [0, 0.1) is 6.92 Å². The van der Waals surface area contributed by atoms with Crippen molar-refractivity contribution >= 4 is 50.9 Å². The number of rotatable bonds is 2. The SMILES string of the molecule is Cc1nc(NC(=O)c2cc(Cl)ncc2Cl)ccc1Br. The number of amides is 1. The van der Waals surface area contributed by atoms with Crippen LogP contribution >= 0.6 is 39.1 Å². The highest BCUT2D eigenvalue weighted by Gasteiger charge is 2.12. The van der Waals surface area contributed by atoms with E-state index in [0.29, 0.717) is 5.82 Å². The van der Waals surface area contributed by atoms with Crippen molar-refractivity contribution < 1.29 is 4.79 Å². The molecule has 0 radical (unpaired) electrons. The molecule has 1 N–H and O–H groups in total. The second kappa shape index (κ2) is 5.86. The van der Waals surface area contributed by atoms with Crippen LogP contribution in [0.1, 0.15) is 16.1 Å². The number of hydrogen-bond donors (Lipinski definition) is 1. The fraction of sp³-hybridized carbons (Fsp3) is 0.0833. The number of halogens is 3. The van der Waals surface area contributed by atoms with E-state index in [1.807, 2.05) is 6.92 Å². The largest absolute Gasteiger partial charge is 0.307 e. The van der Waals surface area contributed by atoms with E-state index in [0.717, 1.165) is 10.2 Å². The molecule has 0 aliphatic heterocycles. The maximum absolute atomic E-state index is 12.0. The molecule has 0 saturated carbocycles. The van der Waals surface area contributed by atoms with Gasteiger partial charge in [0.1, 0.15) is 11.0 Å². The van der Waals surface area contributed by atoms with Gasteiger partial charge in [-0.3, -0.25) is 4.79 Å². The third-order valence-electron chi connectivity index (χ3n) is 2.33. The zero-order valence-corrected chi connectivity index (χ0v) is 12.8. The van der Waals surface area contributed by atoms with Gasteiger partial charge in [-0.25, -0.2) is 9.97 Å². The molecular weight excluding hydrogens is 353 g/mol. The Labute approximate surface area is 128 Å². The molecule has 0 aliphatic carbocycles. The van der Waals surface area contributed by atoms with Crippen molar-refractivity contribution in [1.82, 2.24) is 9.97 Å². The lowest BCUT2D eigenvalue weighted by Crippen LogP contribution is -2.14. The van der Waals surface area contributed by atoms with E-state index in [9.17, 15) is 4.79 Å². The minimum Gasteiger partial charge on any atom is -0.307 e. The molecule has 1 amide bonds. The average Bonchev–Trinajstić information content (AvgIpc) is 2.36. The molecule has 0 bridgehead atoms. The number of aryl methyl sites for hydroxylation is 1. The van der Waals surface area contributed by atoms with E-state index in [2.05, 4.69) is 31.2 Å². The minimum absolute atomic E-state index is 0.203. The summed E-state index contributed by atoms with van der Waals surface area (Å²) in [4.78, 5) is 20.1. The van der Waals surface area contributed by atoms with Gasteiger partial charge >= 0.3 is 0 Å². The Balaban J connectivity index is 2.25. The monoisotopic (exact) mass is 359 g/mol. The van der Waals surface area contributed by atoms with Gasteiger partial charge in [-0.15, -0.1) is 0 Å². The zero-order valence-electron chi connectivity index (χ0n) is 9.75. The van der Waals surface area contributed by atoms with Crippen LogP contribution in [0.15, 0.2) is 28.9 Å². The van der Waals surface area contributed by atoms with Gasteiger partial charge in [-0.05, 0) is 41.1 Å². The Kier molecular flexibility index (Phi) is 4.39. The number of nitrogens with zero attached hydrogens (tertiary/aromatic N) is 2. The minimum atomic E-state index is -0.386. The molecule has 4 nitrogen and oxygen atoms in total. The van der Waals surface area contributed by atoms with E-state index < -0.39 is 0 Å². The van der Waals surface area contributed by atoms with Crippen LogP contribution in [-0.4, -0.2) is 15.9 Å². The van der Waals surface area contributed by atoms with Crippen molar-refractivity contribution in [1.29, 1.82) is 0 Å². The molecule has 0 aliphatic rings. The maximum Gasteiger partial charge on any atom is 0.258 e. The quantitative estimate of drug-likeness (QED) is 0.820. The van der Waals surface area contributed by atoms with Gasteiger partial charge in [0.25, 0.3) is 5.91 Å².